The number of rotatable bonds is 3. The average Bonchev–Trinajstić information content (AvgIpc) is 3.13. The second-order valence-corrected chi connectivity index (χ2v) is 9.41. The molecule has 0 aliphatic carbocycles. The van der Waals surface area contributed by atoms with E-state index in [4.69, 9.17) is 14.6 Å². The topological polar surface area (TPSA) is 104 Å². The summed E-state index contributed by atoms with van der Waals surface area (Å²) in [5.74, 6) is -1.62. The Morgan fingerprint density at radius 3 is 2.43 bits per heavy atom. The van der Waals surface area contributed by atoms with E-state index in [0.29, 0.717) is 12.1 Å². The molecule has 2 aliphatic heterocycles. The summed E-state index contributed by atoms with van der Waals surface area (Å²) in [6, 6.07) is 3.85. The third-order valence-electron chi connectivity index (χ3n) is 5.02. The van der Waals surface area contributed by atoms with E-state index in [0.717, 1.165) is 6.92 Å². The SMILES string of the molecule is CC(=O)O.COc1cc(C(=O)N2C[C@H]3[C@H](N(C)C)CS(=O)(=O)[C@H]3C2)ccc1F. The van der Waals surface area contributed by atoms with Gasteiger partial charge in [-0.25, -0.2) is 12.8 Å². The van der Waals surface area contributed by atoms with Gasteiger partial charge in [0.2, 0.25) is 0 Å². The lowest BCUT2D eigenvalue weighted by molar-refractivity contribution is -0.134. The van der Waals surface area contributed by atoms with E-state index in [1.54, 1.807) is 4.90 Å². The van der Waals surface area contributed by atoms with Gasteiger partial charge in [0.15, 0.2) is 21.4 Å². The Hall–Kier alpha value is -2.20. The molecule has 1 N–H and O–H groups in total. The number of nitrogens with zero attached hydrogens (tertiary/aromatic N) is 2. The highest BCUT2D eigenvalue weighted by molar-refractivity contribution is 7.92. The van der Waals surface area contributed by atoms with E-state index in [1.165, 1.54) is 25.3 Å². The molecule has 2 fully saturated rings. The van der Waals surface area contributed by atoms with Gasteiger partial charge >= 0.3 is 0 Å². The number of carbonyl (C=O) groups is 2. The number of ether oxygens (including phenoxy) is 1. The van der Waals surface area contributed by atoms with E-state index >= 15 is 0 Å². The number of hydrogen-bond acceptors (Lipinski definition) is 6. The van der Waals surface area contributed by atoms with E-state index in [1.807, 2.05) is 19.0 Å². The summed E-state index contributed by atoms with van der Waals surface area (Å²) in [4.78, 5) is 25.1. The smallest absolute Gasteiger partial charge is 0.300 e. The Morgan fingerprint density at radius 2 is 1.89 bits per heavy atom. The molecule has 2 heterocycles. The number of sulfone groups is 1. The zero-order valence-electron chi connectivity index (χ0n) is 16.3. The third kappa shape index (κ3) is 4.61. The van der Waals surface area contributed by atoms with Crippen LogP contribution in [0.4, 0.5) is 4.39 Å². The van der Waals surface area contributed by atoms with Gasteiger partial charge in [-0.1, -0.05) is 0 Å². The Kier molecular flexibility index (Phi) is 6.66. The Morgan fingerprint density at radius 1 is 1.29 bits per heavy atom. The fourth-order valence-corrected chi connectivity index (χ4v) is 6.18. The number of carboxylic acids is 1. The maximum absolute atomic E-state index is 13.5. The summed E-state index contributed by atoms with van der Waals surface area (Å²) in [5, 5.41) is 6.90. The van der Waals surface area contributed by atoms with Crippen molar-refractivity contribution in [1.29, 1.82) is 0 Å². The molecule has 1 aromatic rings. The molecule has 0 bridgehead atoms. The molecule has 2 saturated heterocycles. The number of carboxylic acid groups (broad SMARTS) is 1. The maximum Gasteiger partial charge on any atom is 0.300 e. The molecular formula is C18H25FN2O6S. The largest absolute Gasteiger partial charge is 0.494 e. The van der Waals surface area contributed by atoms with Crippen LogP contribution in [0.2, 0.25) is 0 Å². The first-order chi connectivity index (χ1) is 13.0. The summed E-state index contributed by atoms with van der Waals surface area (Å²) < 4.78 is 43.2. The molecule has 0 aromatic heterocycles. The highest BCUT2D eigenvalue weighted by Crippen LogP contribution is 2.36. The number of methoxy groups -OCH3 is 1. The first-order valence-corrected chi connectivity index (χ1v) is 10.4. The number of fused-ring (bicyclic) bond motifs is 1. The number of benzene rings is 1. The van der Waals surface area contributed by atoms with Crippen LogP contribution < -0.4 is 4.74 Å². The van der Waals surface area contributed by atoms with Gasteiger partial charge in [0.25, 0.3) is 11.9 Å². The predicted octanol–water partition coefficient (Wildman–Crippen LogP) is 0.724. The monoisotopic (exact) mass is 416 g/mol. The molecule has 1 aromatic carbocycles. The Bertz CT molecular complexity index is 854. The zero-order valence-corrected chi connectivity index (χ0v) is 17.1. The van der Waals surface area contributed by atoms with Crippen molar-refractivity contribution in [2.75, 3.05) is 40.0 Å². The highest BCUT2D eigenvalue weighted by atomic mass is 32.2. The van der Waals surface area contributed by atoms with Crippen molar-refractivity contribution in [3.8, 4) is 5.75 Å². The lowest BCUT2D eigenvalue weighted by atomic mass is 10.00. The average molecular weight is 416 g/mol. The molecule has 2 aliphatic rings. The number of aliphatic carboxylic acids is 1. The van der Waals surface area contributed by atoms with Gasteiger partial charge in [-0.05, 0) is 32.3 Å². The molecule has 8 nitrogen and oxygen atoms in total. The van der Waals surface area contributed by atoms with Crippen LogP contribution in [-0.2, 0) is 14.6 Å². The van der Waals surface area contributed by atoms with Crippen molar-refractivity contribution in [2.45, 2.75) is 18.2 Å². The van der Waals surface area contributed by atoms with Crippen molar-refractivity contribution >= 4 is 21.7 Å². The van der Waals surface area contributed by atoms with Crippen molar-refractivity contribution in [3.63, 3.8) is 0 Å². The molecule has 10 heteroatoms. The van der Waals surface area contributed by atoms with E-state index in [9.17, 15) is 17.6 Å². The number of likely N-dealkylation sites (tertiary alicyclic amines) is 1. The minimum atomic E-state index is -3.21. The normalized spacial score (nSPS) is 25.1. The van der Waals surface area contributed by atoms with Crippen LogP contribution in [0, 0.1) is 11.7 Å². The van der Waals surface area contributed by atoms with Crippen LogP contribution >= 0.6 is 0 Å². The van der Waals surface area contributed by atoms with Crippen LogP contribution in [0.5, 0.6) is 5.75 Å². The van der Waals surface area contributed by atoms with Gasteiger partial charge in [0.1, 0.15) is 0 Å². The second kappa shape index (κ2) is 8.44. The summed E-state index contributed by atoms with van der Waals surface area (Å²) in [6.07, 6.45) is 0. The van der Waals surface area contributed by atoms with Crippen LogP contribution in [0.25, 0.3) is 0 Å². The van der Waals surface area contributed by atoms with Crippen molar-refractivity contribution in [1.82, 2.24) is 9.80 Å². The Balaban J connectivity index is 0.000000640. The van der Waals surface area contributed by atoms with Crippen LogP contribution in [0.3, 0.4) is 0 Å². The highest BCUT2D eigenvalue weighted by Gasteiger charge is 2.53. The van der Waals surface area contributed by atoms with E-state index in [2.05, 4.69) is 0 Å². The molecule has 1 amide bonds. The third-order valence-corrected chi connectivity index (χ3v) is 7.24. The standard InChI is InChI=1S/C16H21FN2O4S.C2H4O2/c1-18(2)13-9-24(21,22)15-8-19(7-11(13)15)16(20)10-4-5-12(17)14(6-10)23-3;1-2(3)4/h4-6,11,13,15H,7-9H2,1-3H3;1H3,(H,3,4)/t11-,13+,15-;/m0./s1. The van der Waals surface area contributed by atoms with Crippen LogP contribution in [0.15, 0.2) is 18.2 Å². The lowest BCUT2D eigenvalue weighted by Gasteiger charge is -2.25. The maximum atomic E-state index is 13.5. The number of amides is 1. The minimum absolute atomic E-state index is 0.000898. The lowest BCUT2D eigenvalue weighted by Crippen LogP contribution is -2.38. The molecule has 3 rings (SSSR count). The minimum Gasteiger partial charge on any atom is -0.494 e. The van der Waals surface area contributed by atoms with Gasteiger partial charge in [-0.15, -0.1) is 0 Å². The first kappa shape index (κ1) is 22.1. The summed E-state index contributed by atoms with van der Waals surface area (Å²) >= 11 is 0. The molecule has 0 radical (unpaired) electrons. The molecule has 0 saturated carbocycles. The fraction of sp³-hybridized carbons (Fsp3) is 0.556. The van der Waals surface area contributed by atoms with Crippen LogP contribution in [0.1, 0.15) is 17.3 Å². The molecule has 0 spiro atoms. The second-order valence-electron chi connectivity index (χ2n) is 7.14. The van der Waals surface area contributed by atoms with Gasteiger partial charge in [0.05, 0.1) is 18.1 Å². The first-order valence-electron chi connectivity index (χ1n) is 8.68. The molecule has 0 unspecified atom stereocenters. The van der Waals surface area contributed by atoms with Gasteiger partial charge in [0, 0.05) is 37.5 Å². The van der Waals surface area contributed by atoms with Crippen molar-refractivity contribution in [3.05, 3.63) is 29.6 Å². The summed E-state index contributed by atoms with van der Waals surface area (Å²) in [6.45, 7) is 1.67. The fourth-order valence-electron chi connectivity index (χ4n) is 3.71. The van der Waals surface area contributed by atoms with Crippen molar-refractivity contribution in [2.24, 2.45) is 5.92 Å². The van der Waals surface area contributed by atoms with Gasteiger partial charge < -0.3 is 19.6 Å². The van der Waals surface area contributed by atoms with E-state index in [-0.39, 0.29) is 35.9 Å². The summed E-state index contributed by atoms with van der Waals surface area (Å²) in [5.41, 5.74) is 0.298. The molecule has 28 heavy (non-hydrogen) atoms. The summed E-state index contributed by atoms with van der Waals surface area (Å²) in [7, 11) is 1.85. The van der Waals surface area contributed by atoms with Crippen LogP contribution in [-0.4, -0.2) is 86.5 Å². The number of halogens is 1. The zero-order chi connectivity index (χ0) is 21.2. The molecule has 156 valence electrons. The van der Waals surface area contributed by atoms with Gasteiger partial charge in [-0.3, -0.25) is 9.59 Å². The number of hydrogen-bond donors (Lipinski definition) is 1. The predicted molar refractivity (Wildman–Crippen MR) is 101 cm³/mol. The molecular weight excluding hydrogens is 391 g/mol. The molecule has 3 atom stereocenters. The van der Waals surface area contributed by atoms with Crippen molar-refractivity contribution < 1.29 is 32.2 Å². The van der Waals surface area contributed by atoms with E-state index < -0.39 is 26.9 Å². The van der Waals surface area contributed by atoms with Gasteiger partial charge in [-0.2, -0.15) is 0 Å². The quantitative estimate of drug-likeness (QED) is 0.774. The number of carbonyl (C=O) groups excluding carboxylic acids is 1. The Labute approximate surface area is 163 Å².